The van der Waals surface area contributed by atoms with Gasteiger partial charge in [0.25, 0.3) is 0 Å². The van der Waals surface area contributed by atoms with Crippen LogP contribution in [0.2, 0.25) is 0 Å². The van der Waals surface area contributed by atoms with E-state index < -0.39 is 0 Å². The lowest BCUT2D eigenvalue weighted by Gasteiger charge is -2.09. The zero-order valence-corrected chi connectivity index (χ0v) is 10.6. The van der Waals surface area contributed by atoms with E-state index in [2.05, 4.69) is 6.07 Å². The van der Waals surface area contributed by atoms with Gasteiger partial charge < -0.3 is 9.47 Å². The van der Waals surface area contributed by atoms with Crippen molar-refractivity contribution in [2.45, 2.75) is 6.92 Å². The first-order valence-electron chi connectivity index (χ1n) is 5.55. The Morgan fingerprint density at radius 1 is 1.00 bits per heavy atom. The summed E-state index contributed by atoms with van der Waals surface area (Å²) in [4.78, 5) is 0. The molecule has 0 N–H and O–H groups in total. The van der Waals surface area contributed by atoms with Crippen LogP contribution in [-0.2, 0) is 0 Å². The second-order valence-corrected chi connectivity index (χ2v) is 3.98. The summed E-state index contributed by atoms with van der Waals surface area (Å²) in [6, 6.07) is 11.2. The Morgan fingerprint density at radius 2 is 1.61 bits per heavy atom. The van der Waals surface area contributed by atoms with E-state index in [0.29, 0.717) is 17.1 Å². The molecular formula is C15H14FO2. The summed E-state index contributed by atoms with van der Waals surface area (Å²) in [5.74, 6) is 0.958. The van der Waals surface area contributed by atoms with Gasteiger partial charge in [0.15, 0.2) is 0 Å². The lowest BCUT2D eigenvalue weighted by Crippen LogP contribution is -1.91. The second kappa shape index (κ2) is 5.08. The molecule has 2 rings (SSSR count). The van der Waals surface area contributed by atoms with Gasteiger partial charge >= 0.3 is 0 Å². The van der Waals surface area contributed by atoms with Crippen molar-refractivity contribution in [3.05, 3.63) is 47.8 Å². The topological polar surface area (TPSA) is 18.5 Å². The fourth-order valence-corrected chi connectivity index (χ4v) is 1.77. The van der Waals surface area contributed by atoms with E-state index >= 15 is 0 Å². The van der Waals surface area contributed by atoms with Gasteiger partial charge in [0.1, 0.15) is 17.3 Å². The quantitative estimate of drug-likeness (QED) is 0.822. The maximum Gasteiger partial charge on any atom is 0.131 e. The first-order chi connectivity index (χ1) is 8.63. The van der Waals surface area contributed by atoms with Crippen LogP contribution < -0.4 is 9.47 Å². The Bertz CT molecular complexity index is 542. The Kier molecular flexibility index (Phi) is 3.51. The maximum atomic E-state index is 13.8. The third-order valence-electron chi connectivity index (χ3n) is 2.71. The van der Waals surface area contributed by atoms with Crippen molar-refractivity contribution in [2.75, 3.05) is 14.2 Å². The Hall–Kier alpha value is -2.03. The summed E-state index contributed by atoms with van der Waals surface area (Å²) >= 11 is 0. The van der Waals surface area contributed by atoms with Gasteiger partial charge in [-0.2, -0.15) is 0 Å². The summed E-state index contributed by atoms with van der Waals surface area (Å²) in [5.41, 5.74) is 2.12. The minimum Gasteiger partial charge on any atom is -0.497 e. The lowest BCUT2D eigenvalue weighted by molar-refractivity contribution is 0.394. The fourth-order valence-electron chi connectivity index (χ4n) is 1.77. The monoisotopic (exact) mass is 245 g/mol. The van der Waals surface area contributed by atoms with Crippen LogP contribution in [0.5, 0.6) is 11.5 Å². The Balaban J connectivity index is 2.58. The molecule has 3 heteroatoms. The van der Waals surface area contributed by atoms with Gasteiger partial charge in [0.05, 0.1) is 14.2 Å². The van der Waals surface area contributed by atoms with E-state index in [-0.39, 0.29) is 5.82 Å². The summed E-state index contributed by atoms with van der Waals surface area (Å²) in [6.07, 6.45) is 0. The van der Waals surface area contributed by atoms with E-state index in [1.807, 2.05) is 6.92 Å². The van der Waals surface area contributed by atoms with Crippen molar-refractivity contribution in [2.24, 2.45) is 0 Å². The highest BCUT2D eigenvalue weighted by atomic mass is 19.1. The highest BCUT2D eigenvalue weighted by Gasteiger charge is 2.09. The summed E-state index contributed by atoms with van der Waals surface area (Å²) < 4.78 is 24.2. The maximum absolute atomic E-state index is 13.8. The van der Waals surface area contributed by atoms with Crippen molar-refractivity contribution in [1.82, 2.24) is 0 Å². The Labute approximate surface area is 106 Å². The minimum absolute atomic E-state index is 0.309. The van der Waals surface area contributed by atoms with Gasteiger partial charge in [-0.1, -0.05) is 0 Å². The molecule has 0 aliphatic rings. The molecule has 93 valence electrons. The van der Waals surface area contributed by atoms with Crippen LogP contribution in [0.25, 0.3) is 11.1 Å². The van der Waals surface area contributed by atoms with Crippen LogP contribution in [0.15, 0.2) is 30.3 Å². The van der Waals surface area contributed by atoms with E-state index in [4.69, 9.17) is 9.47 Å². The molecule has 1 radical (unpaired) electrons. The van der Waals surface area contributed by atoms with Gasteiger partial charge in [-0.25, -0.2) is 4.39 Å². The van der Waals surface area contributed by atoms with Crippen LogP contribution in [0.3, 0.4) is 0 Å². The number of methoxy groups -OCH3 is 2. The predicted molar refractivity (Wildman–Crippen MR) is 68.5 cm³/mol. The van der Waals surface area contributed by atoms with Crippen molar-refractivity contribution in [1.29, 1.82) is 0 Å². The standard InChI is InChI=1S/C15H14FO2/c1-10-4-5-15(16)14(6-10)11-7-12(17-2)9-13(8-11)18-3/h5-9H,1-3H3. The number of ether oxygens (including phenoxy) is 2. The molecule has 0 spiro atoms. The molecule has 18 heavy (non-hydrogen) atoms. The molecule has 0 saturated carbocycles. The highest BCUT2D eigenvalue weighted by Crippen LogP contribution is 2.31. The van der Waals surface area contributed by atoms with Gasteiger partial charge in [0.2, 0.25) is 0 Å². The first-order valence-corrected chi connectivity index (χ1v) is 5.55. The predicted octanol–water partition coefficient (Wildman–Crippen LogP) is 3.62. The zero-order chi connectivity index (χ0) is 13.1. The molecule has 0 heterocycles. The van der Waals surface area contributed by atoms with Crippen molar-refractivity contribution < 1.29 is 13.9 Å². The molecule has 0 aromatic heterocycles. The molecule has 0 bridgehead atoms. The lowest BCUT2D eigenvalue weighted by atomic mass is 10.0. The van der Waals surface area contributed by atoms with E-state index in [9.17, 15) is 4.39 Å². The van der Waals surface area contributed by atoms with Gasteiger partial charge in [0, 0.05) is 11.6 Å². The molecular weight excluding hydrogens is 231 g/mol. The molecule has 0 fully saturated rings. The molecule has 0 aliphatic heterocycles. The van der Waals surface area contributed by atoms with Crippen LogP contribution in [0.4, 0.5) is 4.39 Å². The summed E-state index contributed by atoms with van der Waals surface area (Å²) in [6.45, 7) is 1.88. The average Bonchev–Trinajstić information content (AvgIpc) is 2.40. The summed E-state index contributed by atoms with van der Waals surface area (Å²) in [5, 5.41) is 0. The summed E-state index contributed by atoms with van der Waals surface area (Å²) in [7, 11) is 3.14. The van der Waals surface area contributed by atoms with Crippen molar-refractivity contribution in [3.63, 3.8) is 0 Å². The minimum atomic E-state index is -0.309. The van der Waals surface area contributed by atoms with Crippen LogP contribution in [0, 0.1) is 18.8 Å². The third kappa shape index (κ3) is 2.45. The number of halogens is 1. The molecule has 0 atom stereocenters. The molecule has 0 unspecified atom stereocenters. The number of rotatable bonds is 3. The number of hydrogen-bond donors (Lipinski definition) is 0. The molecule has 2 nitrogen and oxygen atoms in total. The number of aryl methyl sites for hydroxylation is 1. The SMILES string of the molecule is COc1cc(OC)cc(-c2cc(C)[c]cc2F)c1. The number of benzene rings is 2. The molecule has 0 aliphatic carbocycles. The molecule has 2 aromatic rings. The third-order valence-corrected chi connectivity index (χ3v) is 2.71. The van der Waals surface area contributed by atoms with Crippen molar-refractivity contribution >= 4 is 0 Å². The molecule has 0 saturated heterocycles. The van der Waals surface area contributed by atoms with Crippen LogP contribution in [0.1, 0.15) is 5.56 Å². The first kappa shape index (κ1) is 12.4. The smallest absolute Gasteiger partial charge is 0.131 e. The van der Waals surface area contributed by atoms with E-state index in [1.165, 1.54) is 6.07 Å². The molecule has 2 aromatic carbocycles. The highest BCUT2D eigenvalue weighted by molar-refractivity contribution is 5.68. The van der Waals surface area contributed by atoms with Crippen LogP contribution >= 0.6 is 0 Å². The van der Waals surface area contributed by atoms with Gasteiger partial charge in [-0.3, -0.25) is 0 Å². The van der Waals surface area contributed by atoms with Crippen LogP contribution in [-0.4, -0.2) is 14.2 Å². The second-order valence-electron chi connectivity index (χ2n) is 3.98. The van der Waals surface area contributed by atoms with Gasteiger partial charge in [-0.05, 0) is 48.4 Å². The zero-order valence-electron chi connectivity index (χ0n) is 10.6. The normalized spacial score (nSPS) is 10.2. The van der Waals surface area contributed by atoms with Gasteiger partial charge in [-0.15, -0.1) is 0 Å². The van der Waals surface area contributed by atoms with E-state index in [0.717, 1.165) is 11.1 Å². The van der Waals surface area contributed by atoms with E-state index in [1.54, 1.807) is 38.5 Å². The van der Waals surface area contributed by atoms with Crippen molar-refractivity contribution in [3.8, 4) is 22.6 Å². The molecule has 0 amide bonds. The fraction of sp³-hybridized carbons (Fsp3) is 0.200. The number of hydrogen-bond acceptors (Lipinski definition) is 2. The largest absolute Gasteiger partial charge is 0.497 e. The average molecular weight is 245 g/mol. The Morgan fingerprint density at radius 3 is 2.17 bits per heavy atom.